The van der Waals surface area contributed by atoms with Crippen molar-refractivity contribution in [2.24, 2.45) is 4.99 Å². The van der Waals surface area contributed by atoms with Gasteiger partial charge >= 0.3 is 0 Å². The summed E-state index contributed by atoms with van der Waals surface area (Å²) in [6.45, 7) is 2.11. The number of fused-ring (bicyclic) bond motifs is 1. The Hall–Kier alpha value is -3.33. The van der Waals surface area contributed by atoms with Gasteiger partial charge in [-0.1, -0.05) is 54.6 Å². The molecule has 0 aliphatic carbocycles. The fourth-order valence-corrected chi connectivity index (χ4v) is 3.06. The minimum atomic E-state index is 0.0569. The van der Waals surface area contributed by atoms with E-state index in [1.807, 2.05) is 42.6 Å². The number of aliphatic imine (C=N–C) groups is 1. The predicted molar refractivity (Wildman–Crippen MR) is 107 cm³/mol. The van der Waals surface area contributed by atoms with Crippen molar-refractivity contribution in [1.82, 2.24) is 9.97 Å². The molecule has 0 aliphatic rings. The summed E-state index contributed by atoms with van der Waals surface area (Å²) >= 11 is 0. The lowest BCUT2D eigenvalue weighted by molar-refractivity contribution is 0.833. The molecule has 0 saturated carbocycles. The largest absolute Gasteiger partial charge is 0.283 e. The minimum absolute atomic E-state index is 0.0569. The second-order valence-electron chi connectivity index (χ2n) is 6.19. The minimum Gasteiger partial charge on any atom is -0.283 e. The van der Waals surface area contributed by atoms with Crippen LogP contribution in [0.2, 0.25) is 0 Å². The van der Waals surface area contributed by atoms with Gasteiger partial charge < -0.3 is 0 Å². The summed E-state index contributed by atoms with van der Waals surface area (Å²) in [5, 5.41) is 2.48. The van der Waals surface area contributed by atoms with Gasteiger partial charge in [-0.05, 0) is 47.5 Å². The molecule has 0 spiro atoms. The number of aromatic nitrogens is 2. The highest BCUT2D eigenvalue weighted by Gasteiger charge is 2.07. The molecule has 4 aromatic rings. The van der Waals surface area contributed by atoms with E-state index in [9.17, 15) is 0 Å². The lowest BCUT2D eigenvalue weighted by Crippen LogP contribution is -1.95. The molecule has 0 N–H and O–H groups in total. The number of benzene rings is 2. The molecule has 0 unspecified atom stereocenters. The van der Waals surface area contributed by atoms with Crippen molar-refractivity contribution in [3.8, 4) is 11.4 Å². The summed E-state index contributed by atoms with van der Waals surface area (Å²) in [5.74, 6) is 0. The van der Waals surface area contributed by atoms with Gasteiger partial charge in [-0.3, -0.25) is 9.98 Å². The summed E-state index contributed by atoms with van der Waals surface area (Å²) in [7, 11) is 0. The summed E-state index contributed by atoms with van der Waals surface area (Å²) < 4.78 is 0. The zero-order chi connectivity index (χ0) is 17.8. The molecule has 0 amide bonds. The average Bonchev–Trinajstić information content (AvgIpc) is 2.72. The van der Waals surface area contributed by atoms with Crippen LogP contribution in [0.25, 0.3) is 22.2 Å². The Morgan fingerprint density at radius 2 is 1.58 bits per heavy atom. The third kappa shape index (κ3) is 3.38. The summed E-state index contributed by atoms with van der Waals surface area (Å²) in [4.78, 5) is 13.8. The third-order valence-electron chi connectivity index (χ3n) is 4.40. The van der Waals surface area contributed by atoms with Crippen LogP contribution >= 0.6 is 0 Å². The Bertz CT molecular complexity index is 1050. The first kappa shape index (κ1) is 16.2. The van der Waals surface area contributed by atoms with Crippen molar-refractivity contribution < 1.29 is 0 Å². The van der Waals surface area contributed by atoms with Crippen LogP contribution in [0.3, 0.4) is 0 Å². The van der Waals surface area contributed by atoms with E-state index >= 15 is 0 Å². The van der Waals surface area contributed by atoms with Gasteiger partial charge in [0.15, 0.2) is 0 Å². The maximum absolute atomic E-state index is 4.74. The van der Waals surface area contributed by atoms with Crippen molar-refractivity contribution in [3.63, 3.8) is 0 Å². The first-order chi connectivity index (χ1) is 12.8. The number of rotatable bonds is 4. The molecule has 2 aromatic heterocycles. The van der Waals surface area contributed by atoms with Gasteiger partial charge in [-0.15, -0.1) is 0 Å². The van der Waals surface area contributed by atoms with E-state index in [0.717, 1.165) is 17.1 Å². The van der Waals surface area contributed by atoms with E-state index in [1.54, 1.807) is 6.20 Å². The molecule has 26 heavy (non-hydrogen) atoms. The standard InChI is InChI=1S/C23H19N3/c1-17(20-12-6-9-18-8-2-3-11-21(18)20)25-16-19-10-7-14-23(26-19)22-13-4-5-15-24-22/h2-17H,1H3/t17-/m1/s1. The number of nitrogens with zero attached hydrogens (tertiary/aromatic N) is 3. The molecule has 4 rings (SSSR count). The molecule has 0 radical (unpaired) electrons. The van der Waals surface area contributed by atoms with Crippen LogP contribution in [-0.4, -0.2) is 16.2 Å². The van der Waals surface area contributed by atoms with Crippen molar-refractivity contribution in [1.29, 1.82) is 0 Å². The second kappa shape index (κ2) is 7.28. The van der Waals surface area contributed by atoms with Crippen LogP contribution in [0, 0.1) is 0 Å². The third-order valence-corrected chi connectivity index (χ3v) is 4.40. The molecule has 0 bridgehead atoms. The van der Waals surface area contributed by atoms with Crippen molar-refractivity contribution >= 4 is 17.0 Å². The first-order valence-corrected chi connectivity index (χ1v) is 8.70. The SMILES string of the molecule is C[C@@H](N=Cc1cccc(-c2ccccn2)n1)c1cccc2ccccc12. The average molecular weight is 337 g/mol. The molecular formula is C23H19N3. The summed E-state index contributed by atoms with van der Waals surface area (Å²) in [5.41, 5.74) is 3.78. The van der Waals surface area contributed by atoms with E-state index in [4.69, 9.17) is 4.99 Å². The lowest BCUT2D eigenvalue weighted by atomic mass is 10.00. The smallest absolute Gasteiger partial charge is 0.0894 e. The molecular weight excluding hydrogens is 318 g/mol. The maximum atomic E-state index is 4.74. The van der Waals surface area contributed by atoms with E-state index < -0.39 is 0 Å². The van der Waals surface area contributed by atoms with Gasteiger partial charge in [0.25, 0.3) is 0 Å². The monoisotopic (exact) mass is 337 g/mol. The fourth-order valence-electron chi connectivity index (χ4n) is 3.06. The Balaban J connectivity index is 1.62. The van der Waals surface area contributed by atoms with Gasteiger partial charge in [0.2, 0.25) is 0 Å². The van der Waals surface area contributed by atoms with E-state index in [1.165, 1.54) is 16.3 Å². The molecule has 2 heterocycles. The van der Waals surface area contributed by atoms with Gasteiger partial charge in [-0.25, -0.2) is 4.98 Å². The number of pyridine rings is 2. The molecule has 0 saturated heterocycles. The van der Waals surface area contributed by atoms with Crippen molar-refractivity contribution in [2.45, 2.75) is 13.0 Å². The molecule has 3 heteroatoms. The first-order valence-electron chi connectivity index (χ1n) is 8.70. The lowest BCUT2D eigenvalue weighted by Gasteiger charge is -2.10. The normalized spacial score (nSPS) is 12.5. The molecule has 2 aromatic carbocycles. The Morgan fingerprint density at radius 1 is 0.808 bits per heavy atom. The quantitative estimate of drug-likeness (QED) is 0.463. The van der Waals surface area contributed by atoms with Crippen LogP contribution in [0.4, 0.5) is 0 Å². The molecule has 126 valence electrons. The Kier molecular flexibility index (Phi) is 4.52. The van der Waals surface area contributed by atoms with Crippen LogP contribution in [0.1, 0.15) is 24.2 Å². The van der Waals surface area contributed by atoms with Crippen molar-refractivity contribution in [3.05, 3.63) is 96.3 Å². The van der Waals surface area contributed by atoms with E-state index in [2.05, 4.69) is 59.4 Å². The second-order valence-corrected chi connectivity index (χ2v) is 6.19. The predicted octanol–water partition coefficient (Wildman–Crippen LogP) is 5.48. The summed E-state index contributed by atoms with van der Waals surface area (Å²) in [6.07, 6.45) is 3.62. The van der Waals surface area contributed by atoms with E-state index in [-0.39, 0.29) is 6.04 Å². The summed E-state index contributed by atoms with van der Waals surface area (Å²) in [6, 6.07) is 26.6. The van der Waals surface area contributed by atoms with Crippen LogP contribution in [-0.2, 0) is 0 Å². The van der Waals surface area contributed by atoms with Crippen molar-refractivity contribution in [2.75, 3.05) is 0 Å². The van der Waals surface area contributed by atoms with Crippen LogP contribution in [0.15, 0.2) is 90.1 Å². The zero-order valence-electron chi connectivity index (χ0n) is 14.6. The van der Waals surface area contributed by atoms with E-state index in [0.29, 0.717) is 0 Å². The van der Waals surface area contributed by atoms with Crippen LogP contribution < -0.4 is 0 Å². The number of hydrogen-bond acceptors (Lipinski definition) is 3. The molecule has 1 atom stereocenters. The van der Waals surface area contributed by atoms with Gasteiger partial charge in [0.05, 0.1) is 23.1 Å². The van der Waals surface area contributed by atoms with Gasteiger partial charge in [-0.2, -0.15) is 0 Å². The highest BCUT2D eigenvalue weighted by molar-refractivity contribution is 5.86. The number of hydrogen-bond donors (Lipinski definition) is 0. The highest BCUT2D eigenvalue weighted by Crippen LogP contribution is 2.26. The van der Waals surface area contributed by atoms with Gasteiger partial charge in [0, 0.05) is 12.4 Å². The van der Waals surface area contributed by atoms with Gasteiger partial charge in [0.1, 0.15) is 0 Å². The maximum Gasteiger partial charge on any atom is 0.0894 e. The Labute approximate surface area is 153 Å². The molecule has 3 nitrogen and oxygen atoms in total. The topological polar surface area (TPSA) is 38.1 Å². The zero-order valence-corrected chi connectivity index (χ0v) is 14.6. The molecule has 0 aliphatic heterocycles. The fraction of sp³-hybridized carbons (Fsp3) is 0.0870. The highest BCUT2D eigenvalue weighted by atomic mass is 14.8. The van der Waals surface area contributed by atoms with Crippen LogP contribution in [0.5, 0.6) is 0 Å². The Morgan fingerprint density at radius 3 is 2.46 bits per heavy atom. The molecule has 0 fully saturated rings.